The third-order valence-electron chi connectivity index (χ3n) is 6.46. The molecule has 0 bridgehead atoms. The van der Waals surface area contributed by atoms with Crippen LogP contribution in [0, 0.1) is 0 Å². The first-order chi connectivity index (χ1) is 18.5. The molecule has 0 spiro atoms. The van der Waals surface area contributed by atoms with Gasteiger partial charge >= 0.3 is 5.97 Å². The summed E-state index contributed by atoms with van der Waals surface area (Å²) in [6.45, 7) is 2.03. The Hall–Kier alpha value is -4.24. The quantitative estimate of drug-likeness (QED) is 0.192. The first-order valence-corrected chi connectivity index (χ1v) is 13.2. The van der Waals surface area contributed by atoms with Gasteiger partial charge < -0.3 is 19.9 Å². The molecule has 0 saturated heterocycles. The molecule has 0 atom stereocenters. The summed E-state index contributed by atoms with van der Waals surface area (Å²) in [5.41, 5.74) is 2.20. The molecule has 0 aliphatic heterocycles. The van der Waals surface area contributed by atoms with Crippen molar-refractivity contribution in [3.05, 3.63) is 76.2 Å². The number of fused-ring (bicyclic) bond motifs is 2. The standard InChI is InChI=1S/C29H27N3O5S/c1-3-37-29(35)24-21-10-6-7-11-23(21)38-28(24)32-31-25-20-9-5-4-8-17(20)16-22(26(25)33)27(34)30-18-12-14-19(36-2)15-13-18/h4-5,8-9,12-16,33H,3,6-7,10-11H2,1-2H3,(H,30,34). The molecule has 4 aromatic rings. The smallest absolute Gasteiger partial charge is 0.341 e. The summed E-state index contributed by atoms with van der Waals surface area (Å²) in [5.74, 6) is -0.537. The van der Waals surface area contributed by atoms with Gasteiger partial charge in [-0.1, -0.05) is 24.3 Å². The van der Waals surface area contributed by atoms with E-state index in [4.69, 9.17) is 9.47 Å². The van der Waals surface area contributed by atoms with Crippen LogP contribution in [0.5, 0.6) is 11.5 Å². The molecule has 0 radical (unpaired) electrons. The van der Waals surface area contributed by atoms with Crippen LogP contribution in [-0.4, -0.2) is 30.7 Å². The van der Waals surface area contributed by atoms with Crippen molar-refractivity contribution >= 4 is 50.4 Å². The van der Waals surface area contributed by atoms with Gasteiger partial charge in [0.05, 0.1) is 19.3 Å². The lowest BCUT2D eigenvalue weighted by Crippen LogP contribution is -2.12. The summed E-state index contributed by atoms with van der Waals surface area (Å²) in [6, 6.07) is 15.8. The first-order valence-electron chi connectivity index (χ1n) is 12.4. The van der Waals surface area contributed by atoms with E-state index in [2.05, 4.69) is 15.5 Å². The lowest BCUT2D eigenvalue weighted by Gasteiger charge is -2.12. The fourth-order valence-corrected chi connectivity index (χ4v) is 5.79. The third-order valence-corrected chi connectivity index (χ3v) is 7.64. The van der Waals surface area contributed by atoms with E-state index in [1.54, 1.807) is 50.4 Å². The molecule has 0 saturated carbocycles. The fraction of sp³-hybridized carbons (Fsp3) is 0.241. The van der Waals surface area contributed by atoms with Crippen LogP contribution in [0.25, 0.3) is 10.8 Å². The van der Waals surface area contributed by atoms with E-state index in [0.29, 0.717) is 27.4 Å². The van der Waals surface area contributed by atoms with E-state index in [-0.39, 0.29) is 23.6 Å². The molecule has 0 fully saturated rings. The van der Waals surface area contributed by atoms with E-state index in [9.17, 15) is 14.7 Å². The van der Waals surface area contributed by atoms with Crippen molar-refractivity contribution in [1.82, 2.24) is 0 Å². The first kappa shape index (κ1) is 25.4. The molecular formula is C29H27N3O5S. The largest absolute Gasteiger partial charge is 0.505 e. The Kier molecular flexibility index (Phi) is 7.37. The van der Waals surface area contributed by atoms with Crippen molar-refractivity contribution in [3.63, 3.8) is 0 Å². The van der Waals surface area contributed by atoms with Crippen molar-refractivity contribution in [3.8, 4) is 11.5 Å². The molecule has 5 rings (SSSR count). The van der Waals surface area contributed by atoms with E-state index in [1.807, 2.05) is 18.2 Å². The van der Waals surface area contributed by atoms with Gasteiger partial charge in [0.1, 0.15) is 17.0 Å². The number of thiophene rings is 1. The van der Waals surface area contributed by atoms with Crippen LogP contribution in [-0.2, 0) is 17.6 Å². The zero-order valence-electron chi connectivity index (χ0n) is 21.1. The highest BCUT2D eigenvalue weighted by Crippen LogP contribution is 2.43. The monoisotopic (exact) mass is 529 g/mol. The number of carbonyl (C=O) groups excluding carboxylic acids is 2. The molecule has 1 heterocycles. The average molecular weight is 530 g/mol. The summed E-state index contributed by atoms with van der Waals surface area (Å²) in [6.07, 6.45) is 3.74. The van der Waals surface area contributed by atoms with E-state index in [1.165, 1.54) is 11.3 Å². The highest BCUT2D eigenvalue weighted by molar-refractivity contribution is 7.16. The summed E-state index contributed by atoms with van der Waals surface area (Å²) in [4.78, 5) is 27.1. The fourth-order valence-electron chi connectivity index (χ4n) is 4.60. The van der Waals surface area contributed by atoms with Crippen molar-refractivity contribution < 1.29 is 24.2 Å². The lowest BCUT2D eigenvalue weighted by atomic mass is 9.95. The molecule has 1 aliphatic rings. The zero-order chi connectivity index (χ0) is 26.6. The third kappa shape index (κ3) is 4.97. The van der Waals surface area contributed by atoms with E-state index >= 15 is 0 Å². The number of phenolic OH excluding ortho intramolecular Hbond substituents is 1. The number of aryl methyl sites for hydroxylation is 1. The number of esters is 1. The summed E-state index contributed by atoms with van der Waals surface area (Å²) < 4.78 is 10.5. The topological polar surface area (TPSA) is 110 Å². The number of methoxy groups -OCH3 is 1. The van der Waals surface area contributed by atoms with E-state index in [0.717, 1.165) is 41.5 Å². The molecule has 3 aromatic carbocycles. The van der Waals surface area contributed by atoms with Crippen LogP contribution in [0.4, 0.5) is 16.4 Å². The predicted molar refractivity (Wildman–Crippen MR) is 148 cm³/mol. The number of rotatable bonds is 7. The number of aromatic hydroxyl groups is 1. The normalized spacial score (nSPS) is 12.9. The number of carbonyl (C=O) groups is 2. The van der Waals surface area contributed by atoms with Crippen molar-refractivity contribution in [2.75, 3.05) is 19.0 Å². The maximum atomic E-state index is 13.2. The van der Waals surface area contributed by atoms with Gasteiger partial charge in [-0.25, -0.2) is 4.79 Å². The van der Waals surface area contributed by atoms with Crippen molar-refractivity contribution in [2.45, 2.75) is 32.6 Å². The van der Waals surface area contributed by atoms with Crippen LogP contribution >= 0.6 is 11.3 Å². The SMILES string of the molecule is CCOC(=O)c1c(N=Nc2c(O)c(C(=O)Nc3ccc(OC)cc3)cc3ccccc23)sc2c1CCCC2. The van der Waals surface area contributed by atoms with Crippen LogP contribution < -0.4 is 10.1 Å². The molecular weight excluding hydrogens is 502 g/mol. The minimum absolute atomic E-state index is 0.0598. The maximum Gasteiger partial charge on any atom is 0.341 e. The second-order valence-corrected chi connectivity index (χ2v) is 9.92. The molecule has 1 aliphatic carbocycles. The Morgan fingerprint density at radius 1 is 1.05 bits per heavy atom. The minimum atomic E-state index is -0.492. The Balaban J connectivity index is 1.55. The second-order valence-electron chi connectivity index (χ2n) is 8.84. The van der Waals surface area contributed by atoms with Crippen LogP contribution in [0.15, 0.2) is 64.8 Å². The van der Waals surface area contributed by atoms with Crippen LogP contribution in [0.2, 0.25) is 0 Å². The van der Waals surface area contributed by atoms with Crippen LogP contribution in [0.3, 0.4) is 0 Å². The molecule has 2 N–H and O–H groups in total. The van der Waals surface area contributed by atoms with E-state index < -0.39 is 11.9 Å². The molecule has 8 nitrogen and oxygen atoms in total. The number of hydrogen-bond donors (Lipinski definition) is 2. The minimum Gasteiger partial charge on any atom is -0.505 e. The molecule has 194 valence electrons. The molecule has 1 amide bonds. The summed E-state index contributed by atoms with van der Waals surface area (Å²) >= 11 is 1.43. The Labute approximate surface area is 223 Å². The predicted octanol–water partition coefficient (Wildman–Crippen LogP) is 7.34. The molecule has 0 unspecified atom stereocenters. The Morgan fingerprint density at radius 2 is 1.82 bits per heavy atom. The van der Waals surface area contributed by atoms with Gasteiger partial charge in [0.15, 0.2) is 10.8 Å². The van der Waals surface area contributed by atoms with Gasteiger partial charge in [-0.15, -0.1) is 21.6 Å². The Morgan fingerprint density at radius 3 is 2.58 bits per heavy atom. The molecule has 38 heavy (non-hydrogen) atoms. The lowest BCUT2D eigenvalue weighted by molar-refractivity contribution is 0.0526. The second kappa shape index (κ2) is 11.0. The van der Waals surface area contributed by atoms with Gasteiger partial charge in [0.2, 0.25) is 0 Å². The van der Waals surface area contributed by atoms with Gasteiger partial charge in [0, 0.05) is 16.0 Å². The number of benzene rings is 3. The number of amides is 1. The number of azo groups is 1. The summed E-state index contributed by atoms with van der Waals surface area (Å²) in [5, 5.41) is 24.6. The highest BCUT2D eigenvalue weighted by atomic mass is 32.1. The number of nitrogens with one attached hydrogen (secondary N) is 1. The van der Waals surface area contributed by atoms with Gasteiger partial charge in [0.25, 0.3) is 5.91 Å². The maximum absolute atomic E-state index is 13.2. The van der Waals surface area contributed by atoms with Gasteiger partial charge in [-0.2, -0.15) is 0 Å². The average Bonchev–Trinajstić information content (AvgIpc) is 3.31. The van der Waals surface area contributed by atoms with Crippen molar-refractivity contribution in [1.29, 1.82) is 0 Å². The Bertz CT molecular complexity index is 1540. The number of nitrogens with zero attached hydrogens (tertiary/aromatic N) is 2. The number of hydrogen-bond acceptors (Lipinski definition) is 8. The molecule has 9 heteroatoms. The number of anilines is 1. The number of phenols is 1. The number of ether oxygens (including phenoxy) is 2. The van der Waals surface area contributed by atoms with Gasteiger partial charge in [-0.05, 0) is 73.9 Å². The van der Waals surface area contributed by atoms with Gasteiger partial charge in [-0.3, -0.25) is 4.79 Å². The van der Waals surface area contributed by atoms with Crippen LogP contribution in [0.1, 0.15) is 50.9 Å². The zero-order valence-corrected chi connectivity index (χ0v) is 21.9. The molecule has 1 aromatic heterocycles. The highest BCUT2D eigenvalue weighted by Gasteiger charge is 2.27. The summed E-state index contributed by atoms with van der Waals surface area (Å²) in [7, 11) is 1.57. The van der Waals surface area contributed by atoms with Crippen molar-refractivity contribution in [2.24, 2.45) is 10.2 Å².